The Bertz CT molecular complexity index is 1000. The average molecular weight is 362 g/mol. The van der Waals surface area contributed by atoms with Crippen LogP contribution in [0, 0.1) is 13.8 Å². The standard InChI is InChI=1S/C22H22N2O3/c1-15-5-4-6-16(2)21(15)23-22(26)18-9-12-20(25)24(14-18)13-17-7-10-19(27-3)11-8-17/h4-12,14H,13H2,1-3H3,(H,23,26). The first-order valence-electron chi connectivity index (χ1n) is 8.69. The van der Waals surface area contributed by atoms with Gasteiger partial charge >= 0.3 is 0 Å². The fourth-order valence-corrected chi connectivity index (χ4v) is 2.91. The first-order chi connectivity index (χ1) is 13.0. The summed E-state index contributed by atoms with van der Waals surface area (Å²) in [7, 11) is 1.61. The number of aromatic nitrogens is 1. The van der Waals surface area contributed by atoms with E-state index in [1.165, 1.54) is 10.6 Å². The van der Waals surface area contributed by atoms with Gasteiger partial charge in [-0.25, -0.2) is 0 Å². The van der Waals surface area contributed by atoms with Crippen LogP contribution < -0.4 is 15.6 Å². The van der Waals surface area contributed by atoms with Crippen LogP contribution in [0.15, 0.2) is 65.6 Å². The molecule has 1 aromatic heterocycles. The number of hydrogen-bond donors (Lipinski definition) is 1. The Kier molecular flexibility index (Phi) is 5.41. The van der Waals surface area contributed by atoms with Crippen molar-refractivity contribution >= 4 is 11.6 Å². The van der Waals surface area contributed by atoms with Crippen molar-refractivity contribution in [1.29, 1.82) is 0 Å². The van der Waals surface area contributed by atoms with E-state index in [0.717, 1.165) is 28.1 Å². The zero-order chi connectivity index (χ0) is 19.4. The highest BCUT2D eigenvalue weighted by Gasteiger charge is 2.11. The molecule has 1 heterocycles. The summed E-state index contributed by atoms with van der Waals surface area (Å²) in [5.74, 6) is 0.517. The fourth-order valence-electron chi connectivity index (χ4n) is 2.91. The number of methoxy groups -OCH3 is 1. The summed E-state index contributed by atoms with van der Waals surface area (Å²) < 4.78 is 6.68. The smallest absolute Gasteiger partial charge is 0.257 e. The third-order valence-electron chi connectivity index (χ3n) is 4.48. The van der Waals surface area contributed by atoms with Gasteiger partial charge in [-0.1, -0.05) is 30.3 Å². The molecule has 0 aliphatic rings. The summed E-state index contributed by atoms with van der Waals surface area (Å²) in [5, 5.41) is 2.95. The first-order valence-corrected chi connectivity index (χ1v) is 8.69. The number of carbonyl (C=O) groups is 1. The summed E-state index contributed by atoms with van der Waals surface area (Å²) >= 11 is 0. The van der Waals surface area contributed by atoms with Gasteiger partial charge in [0.05, 0.1) is 19.2 Å². The number of para-hydroxylation sites is 1. The topological polar surface area (TPSA) is 60.3 Å². The first kappa shape index (κ1) is 18.5. The second-order valence-corrected chi connectivity index (χ2v) is 6.45. The van der Waals surface area contributed by atoms with Crippen molar-refractivity contribution in [2.45, 2.75) is 20.4 Å². The summed E-state index contributed by atoms with van der Waals surface area (Å²) in [6.07, 6.45) is 1.59. The van der Waals surface area contributed by atoms with E-state index < -0.39 is 0 Å². The molecule has 5 nitrogen and oxygen atoms in total. The monoisotopic (exact) mass is 362 g/mol. The van der Waals surface area contributed by atoms with E-state index in [4.69, 9.17) is 4.74 Å². The van der Waals surface area contributed by atoms with Crippen molar-refractivity contribution in [3.63, 3.8) is 0 Å². The molecule has 0 bridgehead atoms. The number of ether oxygens (including phenoxy) is 1. The molecule has 3 aromatic rings. The number of benzene rings is 2. The Hall–Kier alpha value is -3.34. The van der Waals surface area contributed by atoms with Crippen LogP contribution in [0.25, 0.3) is 0 Å². The van der Waals surface area contributed by atoms with Crippen LogP contribution in [0.3, 0.4) is 0 Å². The van der Waals surface area contributed by atoms with Gasteiger partial charge in [-0.2, -0.15) is 0 Å². The van der Waals surface area contributed by atoms with E-state index in [1.54, 1.807) is 19.4 Å². The maximum Gasteiger partial charge on any atom is 0.257 e. The van der Waals surface area contributed by atoms with Gasteiger partial charge in [0.2, 0.25) is 0 Å². The molecular formula is C22H22N2O3. The zero-order valence-corrected chi connectivity index (χ0v) is 15.7. The number of amides is 1. The molecule has 2 aromatic carbocycles. The van der Waals surface area contributed by atoms with Gasteiger partial charge in [-0.3, -0.25) is 9.59 Å². The highest BCUT2D eigenvalue weighted by molar-refractivity contribution is 6.04. The van der Waals surface area contributed by atoms with E-state index in [2.05, 4.69) is 5.32 Å². The van der Waals surface area contributed by atoms with E-state index in [9.17, 15) is 9.59 Å². The molecule has 3 rings (SSSR count). The minimum atomic E-state index is -0.240. The van der Waals surface area contributed by atoms with Gasteiger partial charge in [0.1, 0.15) is 5.75 Å². The highest BCUT2D eigenvalue weighted by Crippen LogP contribution is 2.20. The highest BCUT2D eigenvalue weighted by atomic mass is 16.5. The normalized spacial score (nSPS) is 10.5. The van der Waals surface area contributed by atoms with Crippen LogP contribution >= 0.6 is 0 Å². The number of pyridine rings is 1. The maximum atomic E-state index is 12.7. The van der Waals surface area contributed by atoms with Crippen molar-refractivity contribution in [3.05, 3.63) is 93.4 Å². The SMILES string of the molecule is COc1ccc(Cn2cc(C(=O)Nc3c(C)cccc3C)ccc2=O)cc1. The largest absolute Gasteiger partial charge is 0.497 e. The lowest BCUT2D eigenvalue weighted by atomic mass is 10.1. The minimum Gasteiger partial charge on any atom is -0.497 e. The molecule has 0 saturated heterocycles. The van der Waals surface area contributed by atoms with E-state index in [-0.39, 0.29) is 11.5 Å². The molecule has 0 unspecified atom stereocenters. The Labute approximate surface area is 158 Å². The Morgan fingerprint density at radius 2 is 1.67 bits per heavy atom. The molecule has 1 amide bonds. The Balaban J connectivity index is 1.83. The van der Waals surface area contributed by atoms with Gasteiger partial charge in [0.25, 0.3) is 11.5 Å². The lowest BCUT2D eigenvalue weighted by Crippen LogP contribution is -2.23. The van der Waals surface area contributed by atoms with Crippen molar-refractivity contribution in [2.75, 3.05) is 12.4 Å². The molecule has 0 radical (unpaired) electrons. The molecule has 0 fully saturated rings. The summed E-state index contributed by atoms with van der Waals surface area (Å²) in [4.78, 5) is 24.9. The van der Waals surface area contributed by atoms with Crippen LogP contribution in [0.4, 0.5) is 5.69 Å². The number of nitrogens with one attached hydrogen (secondary N) is 1. The molecule has 138 valence electrons. The number of carbonyl (C=O) groups excluding carboxylic acids is 1. The van der Waals surface area contributed by atoms with Crippen molar-refractivity contribution in [1.82, 2.24) is 4.57 Å². The minimum absolute atomic E-state index is 0.158. The number of nitrogens with zero attached hydrogens (tertiary/aromatic N) is 1. The van der Waals surface area contributed by atoms with Crippen LogP contribution in [0.1, 0.15) is 27.0 Å². The third-order valence-corrected chi connectivity index (χ3v) is 4.48. The van der Waals surface area contributed by atoms with Crippen LogP contribution in [-0.4, -0.2) is 17.6 Å². The molecule has 1 N–H and O–H groups in total. The van der Waals surface area contributed by atoms with Crippen LogP contribution in [0.2, 0.25) is 0 Å². The van der Waals surface area contributed by atoms with Gasteiger partial charge in [0.15, 0.2) is 0 Å². The van der Waals surface area contributed by atoms with Crippen LogP contribution in [-0.2, 0) is 6.54 Å². The number of rotatable bonds is 5. The van der Waals surface area contributed by atoms with Gasteiger partial charge in [-0.05, 0) is 48.7 Å². The van der Waals surface area contributed by atoms with E-state index in [0.29, 0.717) is 12.1 Å². The number of anilines is 1. The second kappa shape index (κ2) is 7.91. The second-order valence-electron chi connectivity index (χ2n) is 6.45. The molecule has 5 heteroatoms. The van der Waals surface area contributed by atoms with E-state index >= 15 is 0 Å². The quantitative estimate of drug-likeness (QED) is 0.751. The fraction of sp³-hybridized carbons (Fsp3) is 0.182. The summed E-state index contributed by atoms with van der Waals surface area (Å²) in [5.41, 5.74) is 4.02. The molecular weight excluding hydrogens is 340 g/mol. The van der Waals surface area contributed by atoms with Gasteiger partial charge in [-0.15, -0.1) is 0 Å². The van der Waals surface area contributed by atoms with Gasteiger partial charge < -0.3 is 14.6 Å². The lowest BCUT2D eigenvalue weighted by Gasteiger charge is -2.13. The van der Waals surface area contributed by atoms with Crippen molar-refractivity contribution in [2.24, 2.45) is 0 Å². The zero-order valence-electron chi connectivity index (χ0n) is 15.7. The maximum absolute atomic E-state index is 12.7. The molecule has 27 heavy (non-hydrogen) atoms. The average Bonchev–Trinajstić information content (AvgIpc) is 2.67. The molecule has 0 aliphatic carbocycles. The molecule has 0 spiro atoms. The molecule has 0 saturated carbocycles. The number of hydrogen-bond acceptors (Lipinski definition) is 3. The summed E-state index contributed by atoms with van der Waals surface area (Å²) in [6.45, 7) is 4.29. The molecule has 0 aliphatic heterocycles. The number of aryl methyl sites for hydroxylation is 2. The molecule has 0 atom stereocenters. The summed E-state index contributed by atoms with van der Waals surface area (Å²) in [6, 6.07) is 16.3. The van der Waals surface area contributed by atoms with Crippen LogP contribution in [0.5, 0.6) is 5.75 Å². The van der Waals surface area contributed by atoms with E-state index in [1.807, 2.05) is 56.3 Å². The van der Waals surface area contributed by atoms with Crippen molar-refractivity contribution in [3.8, 4) is 5.75 Å². The predicted octanol–water partition coefficient (Wildman–Crippen LogP) is 3.77. The Morgan fingerprint density at radius 1 is 1.00 bits per heavy atom. The predicted molar refractivity (Wildman–Crippen MR) is 107 cm³/mol. The Morgan fingerprint density at radius 3 is 2.30 bits per heavy atom. The third kappa shape index (κ3) is 4.26. The van der Waals surface area contributed by atoms with Crippen molar-refractivity contribution < 1.29 is 9.53 Å². The lowest BCUT2D eigenvalue weighted by molar-refractivity contribution is 0.102. The van der Waals surface area contributed by atoms with Gasteiger partial charge in [0, 0.05) is 18.0 Å².